The molecule has 0 unspecified atom stereocenters. The molecule has 2 aliphatic heterocycles. The van der Waals surface area contributed by atoms with Crippen LogP contribution in [0.5, 0.6) is 0 Å². The van der Waals surface area contributed by atoms with E-state index < -0.39 is 0 Å². The van der Waals surface area contributed by atoms with Gasteiger partial charge in [-0.1, -0.05) is 0 Å². The Labute approximate surface area is 53.6 Å². The molecule has 9 heavy (non-hydrogen) atoms. The topological polar surface area (TPSA) is 24.5 Å². The fourth-order valence-electron chi connectivity index (χ4n) is 0.953. The number of fused-ring (bicyclic) bond motifs is 1. The molecule has 0 radical (unpaired) electrons. The van der Waals surface area contributed by atoms with Gasteiger partial charge >= 0.3 is 0 Å². The van der Waals surface area contributed by atoms with Gasteiger partial charge in [-0.25, -0.2) is 0 Å². The van der Waals surface area contributed by atoms with E-state index in [1.807, 2.05) is 23.4 Å². The number of nitrogens with one attached hydrogen (secondary N) is 1. The Morgan fingerprint density at radius 3 is 3.56 bits per heavy atom. The third-order valence-electron chi connectivity index (χ3n) is 1.43. The normalized spacial score (nSPS) is 23.1. The van der Waals surface area contributed by atoms with Gasteiger partial charge in [-0.2, -0.15) is 0 Å². The van der Waals surface area contributed by atoms with Gasteiger partial charge < -0.3 is 10.2 Å². The third-order valence-corrected chi connectivity index (χ3v) is 1.43. The predicted molar refractivity (Wildman–Crippen MR) is 33.0 cm³/mol. The summed E-state index contributed by atoms with van der Waals surface area (Å²) in [5.74, 6) is 0. The van der Waals surface area contributed by atoms with Crippen molar-refractivity contribution in [2.75, 3.05) is 13.3 Å². The molecule has 0 amide bonds. The first-order chi connectivity index (χ1) is 4.47. The van der Waals surface area contributed by atoms with E-state index in [0.717, 1.165) is 6.61 Å². The van der Waals surface area contributed by atoms with E-state index in [1.165, 1.54) is 5.70 Å². The molecule has 3 nitrogen and oxygen atoms in total. The molecule has 3 heteroatoms. The fraction of sp³-hybridized carbons (Fsp3) is 0.333. The minimum absolute atomic E-state index is 0.663. The molecule has 0 aromatic carbocycles. The second-order valence-electron chi connectivity index (χ2n) is 2.05. The Bertz CT molecular complexity index is 174. The summed E-state index contributed by atoms with van der Waals surface area (Å²) in [7, 11) is 0. The van der Waals surface area contributed by atoms with Crippen LogP contribution in [0.3, 0.4) is 0 Å². The van der Waals surface area contributed by atoms with Crippen molar-refractivity contribution >= 4 is 0 Å². The Balaban J connectivity index is 2.23. The second-order valence-corrected chi connectivity index (χ2v) is 2.05. The quantitative estimate of drug-likeness (QED) is 0.499. The lowest BCUT2D eigenvalue weighted by Crippen LogP contribution is -2.31. The lowest BCUT2D eigenvalue weighted by Gasteiger charge is -2.19. The summed E-state index contributed by atoms with van der Waals surface area (Å²) in [4.78, 5) is 0. The van der Waals surface area contributed by atoms with Gasteiger partial charge in [0.15, 0.2) is 0 Å². The maximum absolute atomic E-state index is 5.15. The molecule has 0 saturated carbocycles. The Kier molecular flexibility index (Phi) is 0.960. The van der Waals surface area contributed by atoms with Gasteiger partial charge in [0.1, 0.15) is 6.73 Å². The van der Waals surface area contributed by atoms with Gasteiger partial charge in [0.2, 0.25) is 0 Å². The number of ether oxygens (including phenoxy) is 1. The molecule has 48 valence electrons. The molecule has 2 aliphatic rings. The maximum atomic E-state index is 5.15. The first kappa shape index (κ1) is 4.88. The van der Waals surface area contributed by atoms with E-state index in [0.29, 0.717) is 6.73 Å². The summed E-state index contributed by atoms with van der Waals surface area (Å²) in [5, 5.41) is 1.97. The Morgan fingerprint density at radius 1 is 1.67 bits per heavy atom. The first-order valence-electron chi connectivity index (χ1n) is 2.94. The zero-order valence-electron chi connectivity index (χ0n) is 5.00. The Morgan fingerprint density at radius 2 is 2.67 bits per heavy atom. The summed E-state index contributed by atoms with van der Waals surface area (Å²) < 4.78 is 5.15. The van der Waals surface area contributed by atoms with Crippen LogP contribution in [0.1, 0.15) is 0 Å². The molecular weight excluding hydrogens is 116 g/mol. The van der Waals surface area contributed by atoms with E-state index in [1.54, 1.807) is 0 Å². The second kappa shape index (κ2) is 1.77. The highest BCUT2D eigenvalue weighted by atomic mass is 16.5. The van der Waals surface area contributed by atoms with Crippen molar-refractivity contribution in [1.29, 1.82) is 0 Å². The number of hydrogen-bond donors (Lipinski definition) is 1. The molecule has 0 spiro atoms. The number of nitrogens with zero attached hydrogens (tertiary/aromatic N) is 1. The number of hydrazine groups is 1. The highest BCUT2D eigenvalue weighted by Crippen LogP contribution is 2.12. The lowest BCUT2D eigenvalue weighted by molar-refractivity contribution is 0.124. The van der Waals surface area contributed by atoms with Crippen LogP contribution >= 0.6 is 0 Å². The number of rotatable bonds is 0. The average Bonchev–Trinajstić information content (AvgIpc) is 2.33. The van der Waals surface area contributed by atoms with Crippen molar-refractivity contribution in [3.8, 4) is 0 Å². The van der Waals surface area contributed by atoms with Crippen molar-refractivity contribution in [2.45, 2.75) is 0 Å². The summed E-state index contributed by atoms with van der Waals surface area (Å²) in [6, 6.07) is 0. The van der Waals surface area contributed by atoms with Crippen LogP contribution < -0.4 is 5.43 Å². The number of allylic oxidation sites excluding steroid dienone is 2. The zero-order chi connectivity index (χ0) is 6.10. The molecule has 1 saturated heterocycles. The smallest absolute Gasteiger partial charge is 0.138 e. The molecular formula is C6H8N2O. The van der Waals surface area contributed by atoms with Crippen LogP contribution in [-0.4, -0.2) is 18.3 Å². The molecule has 0 atom stereocenters. The summed E-state index contributed by atoms with van der Waals surface area (Å²) >= 11 is 0. The SMILES string of the molecule is C1=CNN2COCC2=C1. The van der Waals surface area contributed by atoms with Gasteiger partial charge in [0.05, 0.1) is 12.3 Å². The van der Waals surface area contributed by atoms with Gasteiger partial charge in [0, 0.05) is 6.20 Å². The maximum Gasteiger partial charge on any atom is 0.138 e. The molecule has 2 rings (SSSR count). The van der Waals surface area contributed by atoms with Gasteiger partial charge in [-0.15, -0.1) is 0 Å². The Hall–Kier alpha value is -0.960. The summed E-state index contributed by atoms with van der Waals surface area (Å²) in [6.07, 6.45) is 5.90. The number of hydrogen-bond acceptors (Lipinski definition) is 3. The van der Waals surface area contributed by atoms with E-state index in [9.17, 15) is 0 Å². The average molecular weight is 124 g/mol. The monoisotopic (exact) mass is 124 g/mol. The predicted octanol–water partition coefficient (Wildman–Crippen LogP) is 0.192. The molecule has 0 aliphatic carbocycles. The van der Waals surface area contributed by atoms with E-state index >= 15 is 0 Å². The highest BCUT2D eigenvalue weighted by molar-refractivity contribution is 5.16. The highest BCUT2D eigenvalue weighted by Gasteiger charge is 2.16. The van der Waals surface area contributed by atoms with Crippen LogP contribution in [-0.2, 0) is 4.74 Å². The fourth-order valence-corrected chi connectivity index (χ4v) is 0.953. The van der Waals surface area contributed by atoms with E-state index in [-0.39, 0.29) is 0 Å². The van der Waals surface area contributed by atoms with Crippen LogP contribution in [0.15, 0.2) is 24.0 Å². The largest absolute Gasteiger partial charge is 0.353 e. The van der Waals surface area contributed by atoms with E-state index in [4.69, 9.17) is 4.74 Å². The van der Waals surface area contributed by atoms with Crippen LogP contribution in [0, 0.1) is 0 Å². The van der Waals surface area contributed by atoms with E-state index in [2.05, 4.69) is 5.43 Å². The molecule has 0 bridgehead atoms. The van der Waals surface area contributed by atoms with Crippen LogP contribution in [0.2, 0.25) is 0 Å². The minimum Gasteiger partial charge on any atom is -0.353 e. The van der Waals surface area contributed by atoms with Crippen LogP contribution in [0.4, 0.5) is 0 Å². The van der Waals surface area contributed by atoms with Crippen molar-refractivity contribution in [3.63, 3.8) is 0 Å². The van der Waals surface area contributed by atoms with Crippen LogP contribution in [0.25, 0.3) is 0 Å². The summed E-state index contributed by atoms with van der Waals surface area (Å²) in [6.45, 7) is 1.40. The van der Waals surface area contributed by atoms with Crippen molar-refractivity contribution in [2.24, 2.45) is 0 Å². The van der Waals surface area contributed by atoms with Crippen molar-refractivity contribution in [3.05, 3.63) is 24.0 Å². The third kappa shape index (κ3) is 0.695. The molecule has 2 heterocycles. The molecule has 0 aromatic rings. The van der Waals surface area contributed by atoms with Gasteiger partial charge in [-0.05, 0) is 12.2 Å². The standard InChI is InChI=1S/C6H8N2O/c1-2-6-4-9-5-8(6)7-3-1/h1-3,7H,4-5H2. The van der Waals surface area contributed by atoms with Gasteiger partial charge in [-0.3, -0.25) is 5.01 Å². The van der Waals surface area contributed by atoms with Crippen molar-refractivity contribution in [1.82, 2.24) is 10.4 Å². The lowest BCUT2D eigenvalue weighted by atomic mass is 10.4. The first-order valence-corrected chi connectivity index (χ1v) is 2.94. The van der Waals surface area contributed by atoms with Gasteiger partial charge in [0.25, 0.3) is 0 Å². The molecule has 1 fully saturated rings. The minimum atomic E-state index is 0.663. The molecule has 1 N–H and O–H groups in total. The molecule has 0 aromatic heterocycles. The summed E-state index contributed by atoms with van der Waals surface area (Å²) in [5.41, 5.74) is 4.25. The zero-order valence-corrected chi connectivity index (χ0v) is 5.00. The van der Waals surface area contributed by atoms with Crippen molar-refractivity contribution < 1.29 is 4.74 Å².